The maximum Gasteiger partial charge on any atom is 0.416 e. The van der Waals surface area contributed by atoms with Gasteiger partial charge >= 0.3 is 6.18 Å². The number of para-hydroxylation sites is 1. The molecule has 5 nitrogen and oxygen atoms in total. The second-order valence-corrected chi connectivity index (χ2v) is 5.92. The monoisotopic (exact) mass is 394 g/mol. The van der Waals surface area contributed by atoms with E-state index in [1.807, 2.05) is 6.92 Å². The van der Waals surface area contributed by atoms with Crippen LogP contribution >= 0.6 is 0 Å². The van der Waals surface area contributed by atoms with Crippen LogP contribution in [0.1, 0.15) is 35.7 Å². The number of halogens is 3. The fourth-order valence-corrected chi connectivity index (χ4v) is 2.48. The van der Waals surface area contributed by atoms with Gasteiger partial charge in [0.2, 0.25) is 5.91 Å². The summed E-state index contributed by atoms with van der Waals surface area (Å²) < 4.78 is 43.5. The minimum atomic E-state index is -4.47. The SMILES string of the molecule is CCOc1ccccc1C(=O)NCCCC(=O)Nc1cccc(C(F)(F)F)c1. The summed E-state index contributed by atoms with van der Waals surface area (Å²) >= 11 is 0. The van der Waals surface area contributed by atoms with E-state index in [1.54, 1.807) is 24.3 Å². The largest absolute Gasteiger partial charge is 0.493 e. The fourth-order valence-electron chi connectivity index (χ4n) is 2.48. The predicted molar refractivity (Wildman–Crippen MR) is 99.3 cm³/mol. The molecule has 0 atom stereocenters. The van der Waals surface area contributed by atoms with E-state index in [2.05, 4.69) is 10.6 Å². The highest BCUT2D eigenvalue weighted by molar-refractivity contribution is 5.97. The number of carbonyl (C=O) groups is 2. The Bertz CT molecular complexity index is 822. The van der Waals surface area contributed by atoms with Crippen LogP contribution in [0.25, 0.3) is 0 Å². The van der Waals surface area contributed by atoms with Gasteiger partial charge in [-0.05, 0) is 43.7 Å². The van der Waals surface area contributed by atoms with Gasteiger partial charge in [-0.3, -0.25) is 9.59 Å². The van der Waals surface area contributed by atoms with Crippen LogP contribution in [0.3, 0.4) is 0 Å². The first kappa shape index (κ1) is 21.3. The Hall–Kier alpha value is -3.03. The van der Waals surface area contributed by atoms with Crippen molar-refractivity contribution < 1.29 is 27.5 Å². The quantitative estimate of drug-likeness (QED) is 0.658. The second kappa shape index (κ2) is 9.77. The third-order valence-corrected chi connectivity index (χ3v) is 3.77. The molecule has 28 heavy (non-hydrogen) atoms. The van der Waals surface area contributed by atoms with Crippen molar-refractivity contribution in [3.63, 3.8) is 0 Å². The summed E-state index contributed by atoms with van der Waals surface area (Å²) in [6.07, 6.45) is -4.07. The minimum absolute atomic E-state index is 0.0592. The molecule has 0 unspecified atom stereocenters. The molecule has 0 heterocycles. The average Bonchev–Trinajstić information content (AvgIpc) is 2.65. The van der Waals surface area contributed by atoms with Crippen molar-refractivity contribution in [2.45, 2.75) is 25.9 Å². The highest BCUT2D eigenvalue weighted by Crippen LogP contribution is 2.30. The van der Waals surface area contributed by atoms with Crippen molar-refractivity contribution in [1.29, 1.82) is 0 Å². The molecule has 0 bridgehead atoms. The number of amides is 2. The summed E-state index contributed by atoms with van der Waals surface area (Å²) in [7, 11) is 0. The Morgan fingerprint density at radius 1 is 1.07 bits per heavy atom. The van der Waals surface area contributed by atoms with Crippen LogP contribution < -0.4 is 15.4 Å². The highest BCUT2D eigenvalue weighted by Gasteiger charge is 2.30. The molecular formula is C20H21F3N2O3. The third-order valence-electron chi connectivity index (χ3n) is 3.77. The summed E-state index contributed by atoms with van der Waals surface area (Å²) in [5.74, 6) is -0.268. The molecule has 0 aliphatic heterocycles. The van der Waals surface area contributed by atoms with Crippen LogP contribution in [0.4, 0.5) is 18.9 Å². The first-order chi connectivity index (χ1) is 13.3. The van der Waals surface area contributed by atoms with Crippen LogP contribution in [0.15, 0.2) is 48.5 Å². The van der Waals surface area contributed by atoms with E-state index in [4.69, 9.17) is 4.74 Å². The molecule has 0 saturated heterocycles. The number of hydrogen-bond acceptors (Lipinski definition) is 3. The number of rotatable bonds is 8. The molecule has 150 valence electrons. The van der Waals surface area contributed by atoms with Gasteiger partial charge in [-0.25, -0.2) is 0 Å². The van der Waals surface area contributed by atoms with Gasteiger partial charge in [0.15, 0.2) is 0 Å². The molecule has 2 aromatic rings. The number of nitrogens with one attached hydrogen (secondary N) is 2. The van der Waals surface area contributed by atoms with Crippen LogP contribution in [-0.2, 0) is 11.0 Å². The summed E-state index contributed by atoms with van der Waals surface area (Å²) in [6.45, 7) is 2.49. The summed E-state index contributed by atoms with van der Waals surface area (Å²) in [5.41, 5.74) is -0.349. The van der Waals surface area contributed by atoms with Crippen molar-refractivity contribution in [3.8, 4) is 5.75 Å². The molecular weight excluding hydrogens is 373 g/mol. The molecule has 0 aliphatic carbocycles. The van der Waals surface area contributed by atoms with E-state index >= 15 is 0 Å². The van der Waals surface area contributed by atoms with E-state index in [-0.39, 0.29) is 24.6 Å². The van der Waals surface area contributed by atoms with Gasteiger partial charge in [0.05, 0.1) is 17.7 Å². The second-order valence-electron chi connectivity index (χ2n) is 5.92. The number of benzene rings is 2. The van der Waals surface area contributed by atoms with Crippen LogP contribution in [0.5, 0.6) is 5.75 Å². The van der Waals surface area contributed by atoms with Crippen LogP contribution in [0.2, 0.25) is 0 Å². The third kappa shape index (κ3) is 6.29. The topological polar surface area (TPSA) is 67.4 Å². The molecule has 0 aromatic heterocycles. The molecule has 2 rings (SSSR count). The Morgan fingerprint density at radius 3 is 2.54 bits per heavy atom. The normalized spacial score (nSPS) is 11.0. The Morgan fingerprint density at radius 2 is 1.82 bits per heavy atom. The highest BCUT2D eigenvalue weighted by atomic mass is 19.4. The van der Waals surface area contributed by atoms with Gasteiger partial charge in [0.1, 0.15) is 5.75 Å². The molecule has 2 aromatic carbocycles. The maximum atomic E-state index is 12.7. The minimum Gasteiger partial charge on any atom is -0.493 e. The lowest BCUT2D eigenvalue weighted by atomic mass is 10.1. The zero-order valence-electron chi connectivity index (χ0n) is 15.3. The molecule has 0 aliphatic rings. The average molecular weight is 394 g/mol. The summed E-state index contributed by atoms with van der Waals surface area (Å²) in [6, 6.07) is 11.3. The number of ether oxygens (including phenoxy) is 1. The first-order valence-corrected chi connectivity index (χ1v) is 8.78. The van der Waals surface area contributed by atoms with Gasteiger partial charge in [0.25, 0.3) is 5.91 Å². The maximum absolute atomic E-state index is 12.7. The van der Waals surface area contributed by atoms with E-state index in [9.17, 15) is 22.8 Å². The predicted octanol–water partition coefficient (Wildman–Crippen LogP) is 4.25. The lowest BCUT2D eigenvalue weighted by Crippen LogP contribution is -2.26. The van der Waals surface area contributed by atoms with E-state index in [0.29, 0.717) is 24.3 Å². The van der Waals surface area contributed by atoms with Gasteiger partial charge in [-0.1, -0.05) is 18.2 Å². The molecule has 8 heteroatoms. The number of carbonyl (C=O) groups excluding carboxylic acids is 2. The zero-order valence-corrected chi connectivity index (χ0v) is 15.3. The van der Waals surface area contributed by atoms with Crippen LogP contribution in [-0.4, -0.2) is 25.0 Å². The fraction of sp³-hybridized carbons (Fsp3) is 0.300. The van der Waals surface area contributed by atoms with Crippen molar-refractivity contribution in [3.05, 3.63) is 59.7 Å². The standard InChI is InChI=1S/C20H21F3N2O3/c1-2-28-17-10-4-3-9-16(17)19(27)24-12-6-11-18(26)25-15-8-5-7-14(13-15)20(21,22)23/h3-5,7-10,13H,2,6,11-12H2,1H3,(H,24,27)(H,25,26). The lowest BCUT2D eigenvalue weighted by molar-refractivity contribution is -0.137. The number of alkyl halides is 3. The van der Waals surface area contributed by atoms with Crippen molar-refractivity contribution in [2.24, 2.45) is 0 Å². The van der Waals surface area contributed by atoms with E-state index < -0.39 is 17.6 Å². The van der Waals surface area contributed by atoms with Gasteiger partial charge < -0.3 is 15.4 Å². The molecule has 0 radical (unpaired) electrons. The molecule has 0 spiro atoms. The van der Waals surface area contributed by atoms with E-state index in [0.717, 1.165) is 12.1 Å². The molecule has 0 fully saturated rings. The van der Waals surface area contributed by atoms with Gasteiger partial charge in [-0.2, -0.15) is 13.2 Å². The van der Waals surface area contributed by atoms with Crippen molar-refractivity contribution in [1.82, 2.24) is 5.32 Å². The Kier molecular flexibility index (Phi) is 7.43. The molecule has 2 amide bonds. The van der Waals surface area contributed by atoms with Gasteiger partial charge in [0, 0.05) is 18.7 Å². The Labute approximate surface area is 160 Å². The van der Waals surface area contributed by atoms with Crippen molar-refractivity contribution in [2.75, 3.05) is 18.5 Å². The van der Waals surface area contributed by atoms with Crippen molar-refractivity contribution >= 4 is 17.5 Å². The molecule has 0 saturated carbocycles. The summed E-state index contributed by atoms with van der Waals surface area (Å²) in [5, 5.41) is 5.13. The Balaban J connectivity index is 1.79. The molecule has 2 N–H and O–H groups in total. The van der Waals surface area contributed by atoms with Crippen LogP contribution in [0, 0.1) is 0 Å². The first-order valence-electron chi connectivity index (χ1n) is 8.78. The number of hydrogen-bond donors (Lipinski definition) is 2. The zero-order chi connectivity index (χ0) is 20.6. The summed E-state index contributed by atoms with van der Waals surface area (Å²) in [4.78, 5) is 24.1. The van der Waals surface area contributed by atoms with E-state index in [1.165, 1.54) is 12.1 Å². The van der Waals surface area contributed by atoms with Gasteiger partial charge in [-0.15, -0.1) is 0 Å². The lowest BCUT2D eigenvalue weighted by Gasteiger charge is -2.11. The smallest absolute Gasteiger partial charge is 0.416 e. The number of anilines is 1.